The molecule has 0 unspecified atom stereocenters. The second kappa shape index (κ2) is 5.04. The fraction of sp³-hybridized carbons (Fsp3) is 0.286. The zero-order chi connectivity index (χ0) is 13.1. The summed E-state index contributed by atoms with van der Waals surface area (Å²) >= 11 is 0. The summed E-state index contributed by atoms with van der Waals surface area (Å²) in [6, 6.07) is 7.91. The predicted molar refractivity (Wildman–Crippen MR) is 69.6 cm³/mol. The number of hydrogen-bond acceptors (Lipinski definition) is 2. The van der Waals surface area contributed by atoms with Crippen LogP contribution in [-0.4, -0.2) is 20.6 Å². The molecule has 2 aromatic rings. The van der Waals surface area contributed by atoms with Crippen LogP contribution in [0, 0.1) is 0 Å². The standard InChI is InChI=1S/C14H16N2O2/c1-3-4-10-5-7-11(8-6-10)12-13(14(17)18)16(2)9-15-12/h5-9H,3-4H2,1-2H3,(H,17,18). The van der Waals surface area contributed by atoms with Gasteiger partial charge in [-0.3, -0.25) is 0 Å². The molecule has 0 atom stereocenters. The summed E-state index contributed by atoms with van der Waals surface area (Å²) in [5, 5.41) is 9.17. The molecule has 0 amide bonds. The predicted octanol–water partition coefficient (Wildman–Crippen LogP) is 2.74. The highest BCUT2D eigenvalue weighted by Gasteiger charge is 2.17. The van der Waals surface area contributed by atoms with Gasteiger partial charge in [0, 0.05) is 12.6 Å². The molecule has 0 bridgehead atoms. The Morgan fingerprint density at radius 1 is 1.33 bits per heavy atom. The number of aromatic carboxylic acids is 1. The molecule has 4 heteroatoms. The zero-order valence-corrected chi connectivity index (χ0v) is 10.6. The number of carboxylic acids is 1. The summed E-state index contributed by atoms with van der Waals surface area (Å²) in [5.74, 6) is -0.956. The van der Waals surface area contributed by atoms with Gasteiger partial charge in [-0.15, -0.1) is 0 Å². The van der Waals surface area contributed by atoms with Crippen molar-refractivity contribution >= 4 is 5.97 Å². The van der Waals surface area contributed by atoms with E-state index < -0.39 is 5.97 Å². The minimum absolute atomic E-state index is 0.221. The molecule has 2 rings (SSSR count). The van der Waals surface area contributed by atoms with E-state index in [2.05, 4.69) is 11.9 Å². The Morgan fingerprint density at radius 3 is 2.56 bits per heavy atom. The van der Waals surface area contributed by atoms with Crippen LogP contribution in [0.25, 0.3) is 11.3 Å². The Balaban J connectivity index is 2.40. The van der Waals surface area contributed by atoms with Crippen LogP contribution in [0.1, 0.15) is 29.4 Å². The van der Waals surface area contributed by atoms with Crippen LogP contribution in [0.5, 0.6) is 0 Å². The van der Waals surface area contributed by atoms with Crippen LogP contribution in [-0.2, 0) is 13.5 Å². The lowest BCUT2D eigenvalue weighted by Gasteiger charge is -2.03. The number of hydrogen-bond donors (Lipinski definition) is 1. The van der Waals surface area contributed by atoms with E-state index in [-0.39, 0.29) is 5.69 Å². The van der Waals surface area contributed by atoms with Crippen LogP contribution in [0.2, 0.25) is 0 Å². The van der Waals surface area contributed by atoms with E-state index in [0.717, 1.165) is 18.4 Å². The molecule has 0 fully saturated rings. The average Bonchev–Trinajstić information content (AvgIpc) is 2.73. The van der Waals surface area contributed by atoms with Gasteiger partial charge in [-0.1, -0.05) is 37.6 Å². The third kappa shape index (κ3) is 2.27. The van der Waals surface area contributed by atoms with Crippen molar-refractivity contribution in [3.63, 3.8) is 0 Å². The maximum absolute atomic E-state index is 11.2. The lowest BCUT2D eigenvalue weighted by Crippen LogP contribution is -2.05. The van der Waals surface area contributed by atoms with Crippen molar-refractivity contribution in [2.24, 2.45) is 7.05 Å². The highest BCUT2D eigenvalue weighted by Crippen LogP contribution is 2.22. The molecule has 94 valence electrons. The molecule has 0 aliphatic carbocycles. The van der Waals surface area contributed by atoms with Crippen molar-refractivity contribution in [1.29, 1.82) is 0 Å². The number of nitrogens with zero attached hydrogens (tertiary/aromatic N) is 2. The summed E-state index contributed by atoms with van der Waals surface area (Å²) in [7, 11) is 1.69. The summed E-state index contributed by atoms with van der Waals surface area (Å²) in [5.41, 5.74) is 2.84. The number of benzene rings is 1. The number of carbonyl (C=O) groups is 1. The van der Waals surface area contributed by atoms with Crippen LogP contribution in [0.4, 0.5) is 0 Å². The fourth-order valence-electron chi connectivity index (χ4n) is 2.01. The SMILES string of the molecule is CCCc1ccc(-c2ncn(C)c2C(=O)O)cc1. The Kier molecular flexibility index (Phi) is 3.46. The van der Waals surface area contributed by atoms with Gasteiger partial charge in [0.2, 0.25) is 0 Å². The average molecular weight is 244 g/mol. The first-order chi connectivity index (χ1) is 8.63. The molecule has 18 heavy (non-hydrogen) atoms. The molecule has 4 nitrogen and oxygen atoms in total. The summed E-state index contributed by atoms with van der Waals surface area (Å²) in [4.78, 5) is 15.4. The van der Waals surface area contributed by atoms with Gasteiger partial charge in [0.05, 0.1) is 6.33 Å². The quantitative estimate of drug-likeness (QED) is 0.899. The molecule has 0 saturated heterocycles. The van der Waals surface area contributed by atoms with E-state index >= 15 is 0 Å². The Bertz CT molecular complexity index is 556. The molecule has 0 aliphatic heterocycles. The van der Waals surface area contributed by atoms with Gasteiger partial charge in [0.25, 0.3) is 0 Å². The van der Waals surface area contributed by atoms with E-state index in [1.54, 1.807) is 7.05 Å². The molecule has 1 aromatic heterocycles. The third-order valence-electron chi connectivity index (χ3n) is 2.91. The van der Waals surface area contributed by atoms with E-state index in [4.69, 9.17) is 0 Å². The fourth-order valence-corrected chi connectivity index (χ4v) is 2.01. The van der Waals surface area contributed by atoms with E-state index in [0.29, 0.717) is 5.69 Å². The molecule has 0 radical (unpaired) electrons. The lowest BCUT2D eigenvalue weighted by atomic mass is 10.0. The minimum atomic E-state index is -0.956. The van der Waals surface area contributed by atoms with Crippen molar-refractivity contribution in [2.45, 2.75) is 19.8 Å². The van der Waals surface area contributed by atoms with Crippen molar-refractivity contribution in [2.75, 3.05) is 0 Å². The van der Waals surface area contributed by atoms with Crippen molar-refractivity contribution < 1.29 is 9.90 Å². The number of carboxylic acid groups (broad SMARTS) is 1. The van der Waals surface area contributed by atoms with Crippen molar-refractivity contribution in [3.8, 4) is 11.3 Å². The van der Waals surface area contributed by atoms with Crippen LogP contribution in [0.3, 0.4) is 0 Å². The van der Waals surface area contributed by atoms with E-state index in [9.17, 15) is 9.90 Å². The first kappa shape index (κ1) is 12.4. The topological polar surface area (TPSA) is 55.1 Å². The van der Waals surface area contributed by atoms with Crippen LogP contribution < -0.4 is 0 Å². The minimum Gasteiger partial charge on any atom is -0.477 e. The number of rotatable bonds is 4. The summed E-state index contributed by atoms with van der Waals surface area (Å²) in [6.07, 6.45) is 3.66. The van der Waals surface area contributed by atoms with E-state index in [1.165, 1.54) is 16.5 Å². The van der Waals surface area contributed by atoms with Gasteiger partial charge in [0.15, 0.2) is 5.69 Å². The summed E-state index contributed by atoms with van der Waals surface area (Å²) in [6.45, 7) is 2.13. The number of aromatic nitrogens is 2. The van der Waals surface area contributed by atoms with E-state index in [1.807, 2.05) is 24.3 Å². The second-order valence-corrected chi connectivity index (χ2v) is 4.30. The van der Waals surface area contributed by atoms with Gasteiger partial charge in [-0.2, -0.15) is 0 Å². The Morgan fingerprint density at radius 2 is 2.00 bits per heavy atom. The number of aryl methyl sites for hydroxylation is 2. The molecular formula is C14H16N2O2. The molecule has 1 heterocycles. The normalized spacial score (nSPS) is 10.6. The third-order valence-corrected chi connectivity index (χ3v) is 2.91. The maximum atomic E-state index is 11.2. The largest absolute Gasteiger partial charge is 0.477 e. The maximum Gasteiger partial charge on any atom is 0.354 e. The smallest absolute Gasteiger partial charge is 0.354 e. The Labute approximate surface area is 106 Å². The monoisotopic (exact) mass is 244 g/mol. The molecule has 1 N–H and O–H groups in total. The summed E-state index contributed by atoms with van der Waals surface area (Å²) < 4.78 is 1.53. The van der Waals surface area contributed by atoms with Crippen LogP contribution >= 0.6 is 0 Å². The molecule has 1 aromatic carbocycles. The van der Waals surface area contributed by atoms with Crippen molar-refractivity contribution in [1.82, 2.24) is 9.55 Å². The lowest BCUT2D eigenvalue weighted by molar-refractivity contribution is 0.0687. The van der Waals surface area contributed by atoms with Gasteiger partial charge < -0.3 is 9.67 Å². The first-order valence-corrected chi connectivity index (χ1v) is 5.97. The molecule has 0 saturated carbocycles. The van der Waals surface area contributed by atoms with Gasteiger partial charge in [0.1, 0.15) is 5.69 Å². The highest BCUT2D eigenvalue weighted by molar-refractivity contribution is 5.93. The first-order valence-electron chi connectivity index (χ1n) is 5.97. The van der Waals surface area contributed by atoms with Gasteiger partial charge in [-0.25, -0.2) is 9.78 Å². The van der Waals surface area contributed by atoms with Gasteiger partial charge >= 0.3 is 5.97 Å². The second-order valence-electron chi connectivity index (χ2n) is 4.30. The highest BCUT2D eigenvalue weighted by atomic mass is 16.4. The Hall–Kier alpha value is -2.10. The molecular weight excluding hydrogens is 228 g/mol. The number of imidazole rings is 1. The molecule has 0 spiro atoms. The molecule has 0 aliphatic rings. The van der Waals surface area contributed by atoms with Crippen LogP contribution in [0.15, 0.2) is 30.6 Å². The van der Waals surface area contributed by atoms with Gasteiger partial charge in [-0.05, 0) is 12.0 Å². The zero-order valence-electron chi connectivity index (χ0n) is 10.6. The van der Waals surface area contributed by atoms with Crippen molar-refractivity contribution in [3.05, 3.63) is 41.9 Å².